The standard InChI is InChI=1S/C12H24N2O2/c1-3-4-7-16-9-12(15)14-11-8-13-6-5-10(11)2/h10-11,13H,3-9H2,1-2H3,(H,14,15). The van der Waals surface area contributed by atoms with Gasteiger partial charge in [0, 0.05) is 19.2 Å². The van der Waals surface area contributed by atoms with Gasteiger partial charge in [-0.05, 0) is 25.3 Å². The number of piperidine rings is 1. The molecule has 0 saturated carbocycles. The van der Waals surface area contributed by atoms with E-state index in [2.05, 4.69) is 24.5 Å². The maximum atomic E-state index is 11.6. The molecule has 0 bridgehead atoms. The van der Waals surface area contributed by atoms with Gasteiger partial charge in [-0.25, -0.2) is 0 Å². The Labute approximate surface area is 98.1 Å². The van der Waals surface area contributed by atoms with Crippen LogP contribution in [0.2, 0.25) is 0 Å². The lowest BCUT2D eigenvalue weighted by Crippen LogP contribution is -2.51. The van der Waals surface area contributed by atoms with Gasteiger partial charge >= 0.3 is 0 Å². The van der Waals surface area contributed by atoms with Crippen LogP contribution in [-0.4, -0.2) is 38.3 Å². The van der Waals surface area contributed by atoms with Crippen molar-refractivity contribution in [3.05, 3.63) is 0 Å². The SMILES string of the molecule is CCCCOCC(=O)NC1CNCCC1C. The average Bonchev–Trinajstić information content (AvgIpc) is 2.28. The molecule has 4 heteroatoms. The van der Waals surface area contributed by atoms with Crippen LogP contribution in [0.4, 0.5) is 0 Å². The molecule has 0 aromatic heterocycles. The van der Waals surface area contributed by atoms with Crippen molar-refractivity contribution in [2.45, 2.75) is 39.2 Å². The van der Waals surface area contributed by atoms with Crippen LogP contribution in [0.3, 0.4) is 0 Å². The molecule has 1 aliphatic rings. The van der Waals surface area contributed by atoms with Gasteiger partial charge in [0.15, 0.2) is 0 Å². The molecule has 16 heavy (non-hydrogen) atoms. The third kappa shape index (κ3) is 4.94. The molecule has 0 aliphatic carbocycles. The van der Waals surface area contributed by atoms with Gasteiger partial charge in [0.2, 0.25) is 5.91 Å². The molecule has 1 fully saturated rings. The molecule has 2 N–H and O–H groups in total. The van der Waals surface area contributed by atoms with Crippen LogP contribution in [0.25, 0.3) is 0 Å². The van der Waals surface area contributed by atoms with Gasteiger partial charge in [-0.2, -0.15) is 0 Å². The summed E-state index contributed by atoms with van der Waals surface area (Å²) in [4.78, 5) is 11.6. The Bertz CT molecular complexity index is 209. The highest BCUT2D eigenvalue weighted by Crippen LogP contribution is 2.10. The van der Waals surface area contributed by atoms with E-state index in [0.717, 1.165) is 32.4 Å². The molecule has 1 amide bonds. The first kappa shape index (κ1) is 13.5. The Hall–Kier alpha value is -0.610. The van der Waals surface area contributed by atoms with Gasteiger partial charge < -0.3 is 15.4 Å². The summed E-state index contributed by atoms with van der Waals surface area (Å²) in [6.45, 7) is 7.11. The van der Waals surface area contributed by atoms with Gasteiger partial charge in [0.05, 0.1) is 0 Å². The second kappa shape index (κ2) is 7.63. The molecule has 1 rings (SSSR count). The Morgan fingerprint density at radius 3 is 3.06 bits per heavy atom. The third-order valence-electron chi connectivity index (χ3n) is 3.05. The molecule has 1 aliphatic heterocycles. The number of unbranched alkanes of at least 4 members (excludes halogenated alkanes) is 1. The Morgan fingerprint density at radius 2 is 2.38 bits per heavy atom. The zero-order valence-corrected chi connectivity index (χ0v) is 10.4. The summed E-state index contributed by atoms with van der Waals surface area (Å²) in [6.07, 6.45) is 3.25. The number of rotatable bonds is 6. The van der Waals surface area contributed by atoms with Crippen molar-refractivity contribution in [2.75, 3.05) is 26.3 Å². The predicted octanol–water partition coefficient (Wildman–Crippen LogP) is 0.917. The Balaban J connectivity index is 2.12. The lowest BCUT2D eigenvalue weighted by Gasteiger charge is -2.30. The molecule has 0 radical (unpaired) electrons. The minimum atomic E-state index is 0.0108. The van der Waals surface area contributed by atoms with Crippen molar-refractivity contribution < 1.29 is 9.53 Å². The fourth-order valence-corrected chi connectivity index (χ4v) is 1.84. The minimum absolute atomic E-state index is 0.0108. The van der Waals surface area contributed by atoms with E-state index in [4.69, 9.17) is 4.74 Å². The van der Waals surface area contributed by atoms with Crippen molar-refractivity contribution in [1.82, 2.24) is 10.6 Å². The van der Waals surface area contributed by atoms with Gasteiger partial charge in [-0.15, -0.1) is 0 Å². The molecule has 0 spiro atoms. The summed E-state index contributed by atoms with van der Waals surface area (Å²) in [5.41, 5.74) is 0. The minimum Gasteiger partial charge on any atom is -0.372 e. The van der Waals surface area contributed by atoms with Crippen LogP contribution in [-0.2, 0) is 9.53 Å². The number of ether oxygens (including phenoxy) is 1. The first-order valence-corrected chi connectivity index (χ1v) is 6.32. The molecule has 1 heterocycles. The molecule has 2 atom stereocenters. The van der Waals surface area contributed by atoms with Gasteiger partial charge in [0.25, 0.3) is 0 Å². The highest BCUT2D eigenvalue weighted by atomic mass is 16.5. The number of amides is 1. The fraction of sp³-hybridized carbons (Fsp3) is 0.917. The molecule has 2 unspecified atom stereocenters. The fourth-order valence-electron chi connectivity index (χ4n) is 1.84. The quantitative estimate of drug-likeness (QED) is 0.665. The normalized spacial score (nSPS) is 25.4. The zero-order chi connectivity index (χ0) is 11.8. The monoisotopic (exact) mass is 228 g/mol. The van der Waals surface area contributed by atoms with E-state index in [0.29, 0.717) is 12.5 Å². The van der Waals surface area contributed by atoms with Crippen LogP contribution >= 0.6 is 0 Å². The van der Waals surface area contributed by atoms with Gasteiger partial charge in [0.1, 0.15) is 6.61 Å². The van der Waals surface area contributed by atoms with Crippen molar-refractivity contribution in [3.63, 3.8) is 0 Å². The topological polar surface area (TPSA) is 50.4 Å². The van der Waals surface area contributed by atoms with E-state index < -0.39 is 0 Å². The van der Waals surface area contributed by atoms with Gasteiger partial charge in [-0.3, -0.25) is 4.79 Å². The maximum Gasteiger partial charge on any atom is 0.246 e. The number of hydrogen-bond acceptors (Lipinski definition) is 3. The molecule has 1 saturated heterocycles. The zero-order valence-electron chi connectivity index (χ0n) is 10.4. The Kier molecular flexibility index (Phi) is 6.42. The van der Waals surface area contributed by atoms with Crippen molar-refractivity contribution in [2.24, 2.45) is 5.92 Å². The van der Waals surface area contributed by atoms with Crippen LogP contribution < -0.4 is 10.6 Å². The van der Waals surface area contributed by atoms with Crippen molar-refractivity contribution in [3.8, 4) is 0 Å². The molecule has 0 aromatic rings. The number of carbonyl (C=O) groups is 1. The molecular formula is C12H24N2O2. The van der Waals surface area contributed by atoms with Crippen LogP contribution in [0.1, 0.15) is 33.1 Å². The average molecular weight is 228 g/mol. The summed E-state index contributed by atoms with van der Waals surface area (Å²) >= 11 is 0. The summed E-state index contributed by atoms with van der Waals surface area (Å²) < 4.78 is 5.28. The summed E-state index contributed by atoms with van der Waals surface area (Å²) in [6, 6.07) is 0.260. The van der Waals surface area contributed by atoms with Crippen LogP contribution in [0, 0.1) is 5.92 Å². The second-order valence-electron chi connectivity index (χ2n) is 4.55. The van der Waals surface area contributed by atoms with Crippen LogP contribution in [0.15, 0.2) is 0 Å². The van der Waals surface area contributed by atoms with E-state index in [1.807, 2.05) is 0 Å². The predicted molar refractivity (Wildman–Crippen MR) is 64.3 cm³/mol. The second-order valence-corrected chi connectivity index (χ2v) is 4.55. The molecule has 4 nitrogen and oxygen atoms in total. The van der Waals surface area contributed by atoms with E-state index >= 15 is 0 Å². The lowest BCUT2D eigenvalue weighted by molar-refractivity contribution is -0.126. The molecule has 94 valence electrons. The summed E-state index contributed by atoms with van der Waals surface area (Å²) in [5.74, 6) is 0.567. The molecule has 0 aromatic carbocycles. The van der Waals surface area contributed by atoms with E-state index in [9.17, 15) is 4.79 Å². The lowest BCUT2D eigenvalue weighted by atomic mass is 9.95. The number of hydrogen-bond donors (Lipinski definition) is 2. The highest BCUT2D eigenvalue weighted by Gasteiger charge is 2.22. The Morgan fingerprint density at radius 1 is 1.56 bits per heavy atom. The van der Waals surface area contributed by atoms with E-state index in [1.165, 1.54) is 0 Å². The number of carbonyl (C=O) groups excluding carboxylic acids is 1. The maximum absolute atomic E-state index is 11.6. The van der Waals surface area contributed by atoms with E-state index in [-0.39, 0.29) is 18.6 Å². The van der Waals surface area contributed by atoms with E-state index in [1.54, 1.807) is 0 Å². The van der Waals surface area contributed by atoms with Gasteiger partial charge in [-0.1, -0.05) is 20.3 Å². The van der Waals surface area contributed by atoms with Crippen molar-refractivity contribution >= 4 is 5.91 Å². The summed E-state index contributed by atoms with van der Waals surface area (Å²) in [7, 11) is 0. The molecular weight excluding hydrogens is 204 g/mol. The summed E-state index contributed by atoms with van der Waals surface area (Å²) in [5, 5.41) is 6.31. The van der Waals surface area contributed by atoms with Crippen LogP contribution in [0.5, 0.6) is 0 Å². The largest absolute Gasteiger partial charge is 0.372 e. The first-order chi connectivity index (χ1) is 7.74. The van der Waals surface area contributed by atoms with Crippen molar-refractivity contribution in [1.29, 1.82) is 0 Å². The smallest absolute Gasteiger partial charge is 0.246 e. The highest BCUT2D eigenvalue weighted by molar-refractivity contribution is 5.77. The number of nitrogens with one attached hydrogen (secondary N) is 2. The third-order valence-corrected chi connectivity index (χ3v) is 3.05. The first-order valence-electron chi connectivity index (χ1n) is 6.32.